The van der Waals surface area contributed by atoms with Crippen LogP contribution in [-0.4, -0.2) is 32.3 Å². The Morgan fingerprint density at radius 2 is 2.21 bits per heavy atom. The zero-order chi connectivity index (χ0) is 13.4. The predicted octanol–water partition coefficient (Wildman–Crippen LogP) is 2.09. The molecule has 0 spiro atoms. The summed E-state index contributed by atoms with van der Waals surface area (Å²) in [6.07, 6.45) is 0.905. The summed E-state index contributed by atoms with van der Waals surface area (Å²) in [7, 11) is 1.67. The lowest BCUT2D eigenvalue weighted by Gasteiger charge is -2.13. The van der Waals surface area contributed by atoms with Gasteiger partial charge in [-0.1, -0.05) is 29.8 Å². The third-order valence-electron chi connectivity index (χ3n) is 2.58. The van der Waals surface area contributed by atoms with E-state index in [1.165, 1.54) is 11.1 Å². The number of benzene rings is 1. The number of nitrogens with zero attached hydrogens (tertiary/aromatic N) is 1. The second-order valence-electron chi connectivity index (χ2n) is 4.51. The molecule has 1 aromatic rings. The molecule has 0 aliphatic rings. The minimum absolute atomic E-state index is 0. The molecule has 1 aromatic carbocycles. The molecule has 4 nitrogen and oxygen atoms in total. The summed E-state index contributed by atoms with van der Waals surface area (Å²) >= 11 is 0. The summed E-state index contributed by atoms with van der Waals surface area (Å²) in [5.74, 6) is 0.479. The van der Waals surface area contributed by atoms with Gasteiger partial charge < -0.3 is 15.8 Å². The Morgan fingerprint density at radius 1 is 1.47 bits per heavy atom. The van der Waals surface area contributed by atoms with Crippen LogP contribution in [0.4, 0.5) is 0 Å². The predicted molar refractivity (Wildman–Crippen MR) is 91.3 cm³/mol. The molecule has 0 aliphatic carbocycles. The third-order valence-corrected chi connectivity index (χ3v) is 2.58. The van der Waals surface area contributed by atoms with E-state index in [0.717, 1.165) is 6.42 Å². The first-order valence-electron chi connectivity index (χ1n) is 6.22. The minimum atomic E-state index is 0. The van der Waals surface area contributed by atoms with Crippen LogP contribution in [0, 0.1) is 6.92 Å². The fourth-order valence-corrected chi connectivity index (χ4v) is 1.76. The molecular weight excluding hydrogens is 353 g/mol. The van der Waals surface area contributed by atoms with Gasteiger partial charge in [0, 0.05) is 19.7 Å². The van der Waals surface area contributed by atoms with Gasteiger partial charge in [0.1, 0.15) is 0 Å². The number of aliphatic imine (C=N–C) groups is 1. The van der Waals surface area contributed by atoms with E-state index >= 15 is 0 Å². The van der Waals surface area contributed by atoms with Crippen molar-refractivity contribution in [3.8, 4) is 0 Å². The molecule has 0 aromatic heterocycles. The van der Waals surface area contributed by atoms with E-state index in [4.69, 9.17) is 10.5 Å². The van der Waals surface area contributed by atoms with Gasteiger partial charge in [-0.3, -0.25) is 4.99 Å². The summed E-state index contributed by atoms with van der Waals surface area (Å²) in [6, 6.07) is 8.62. The van der Waals surface area contributed by atoms with Crippen LogP contribution >= 0.6 is 24.0 Å². The Kier molecular flexibility index (Phi) is 9.59. The number of rotatable bonds is 6. The summed E-state index contributed by atoms with van der Waals surface area (Å²) in [5, 5.41) is 3.08. The first-order chi connectivity index (χ1) is 8.61. The normalized spacial score (nSPS) is 12.7. The highest BCUT2D eigenvalue weighted by Gasteiger charge is 2.01. The Morgan fingerprint density at radius 3 is 2.84 bits per heavy atom. The lowest BCUT2D eigenvalue weighted by Crippen LogP contribution is -2.40. The largest absolute Gasteiger partial charge is 0.383 e. The molecule has 0 radical (unpaired) electrons. The molecule has 5 heteroatoms. The molecule has 19 heavy (non-hydrogen) atoms. The smallest absolute Gasteiger partial charge is 0.188 e. The highest BCUT2D eigenvalue weighted by Crippen LogP contribution is 2.04. The maximum Gasteiger partial charge on any atom is 0.188 e. The number of hydrogen-bond acceptors (Lipinski definition) is 2. The number of nitrogens with two attached hydrogens (primary N) is 1. The first kappa shape index (κ1) is 18.2. The van der Waals surface area contributed by atoms with E-state index in [1.807, 2.05) is 6.92 Å². The quantitative estimate of drug-likeness (QED) is 0.454. The monoisotopic (exact) mass is 377 g/mol. The van der Waals surface area contributed by atoms with E-state index in [2.05, 4.69) is 41.5 Å². The number of aryl methyl sites for hydroxylation is 1. The Bertz CT molecular complexity index is 396. The Hall–Kier alpha value is -0.820. The Labute approximate surface area is 132 Å². The summed E-state index contributed by atoms with van der Waals surface area (Å²) in [6.45, 7) is 5.41. The van der Waals surface area contributed by atoms with Crippen molar-refractivity contribution in [2.75, 3.05) is 20.3 Å². The maximum absolute atomic E-state index is 5.78. The maximum atomic E-state index is 5.78. The SMILES string of the molecule is COCC(C)NC(N)=NCCc1cccc(C)c1.I. The van der Waals surface area contributed by atoms with Crippen LogP contribution in [0.3, 0.4) is 0 Å². The zero-order valence-corrected chi connectivity index (χ0v) is 14.2. The van der Waals surface area contributed by atoms with Gasteiger partial charge >= 0.3 is 0 Å². The van der Waals surface area contributed by atoms with Crippen LogP contribution in [0.15, 0.2) is 29.3 Å². The van der Waals surface area contributed by atoms with Crippen LogP contribution in [0.2, 0.25) is 0 Å². The summed E-state index contributed by atoms with van der Waals surface area (Å²) in [4.78, 5) is 4.30. The van der Waals surface area contributed by atoms with Gasteiger partial charge in [-0.15, -0.1) is 24.0 Å². The fraction of sp³-hybridized carbons (Fsp3) is 0.500. The van der Waals surface area contributed by atoms with Crippen molar-refractivity contribution in [2.45, 2.75) is 26.3 Å². The number of guanidine groups is 1. The highest BCUT2D eigenvalue weighted by molar-refractivity contribution is 14.0. The van der Waals surface area contributed by atoms with E-state index in [1.54, 1.807) is 7.11 Å². The van der Waals surface area contributed by atoms with Gasteiger partial charge in [-0.25, -0.2) is 0 Å². The van der Waals surface area contributed by atoms with Crippen molar-refractivity contribution < 1.29 is 4.74 Å². The second-order valence-corrected chi connectivity index (χ2v) is 4.51. The van der Waals surface area contributed by atoms with E-state index in [-0.39, 0.29) is 30.0 Å². The van der Waals surface area contributed by atoms with Crippen molar-refractivity contribution in [1.29, 1.82) is 0 Å². The molecule has 0 fully saturated rings. The zero-order valence-electron chi connectivity index (χ0n) is 11.8. The van der Waals surface area contributed by atoms with Gasteiger partial charge in [-0.2, -0.15) is 0 Å². The van der Waals surface area contributed by atoms with Crippen LogP contribution in [0.25, 0.3) is 0 Å². The molecule has 0 aliphatic heterocycles. The minimum Gasteiger partial charge on any atom is -0.383 e. The molecule has 1 rings (SSSR count). The van der Waals surface area contributed by atoms with Gasteiger partial charge in [0.2, 0.25) is 0 Å². The van der Waals surface area contributed by atoms with Crippen LogP contribution in [0.1, 0.15) is 18.1 Å². The number of hydrogen-bond donors (Lipinski definition) is 2. The second kappa shape index (κ2) is 10.0. The molecule has 0 heterocycles. The third kappa shape index (κ3) is 8.05. The molecule has 0 bridgehead atoms. The van der Waals surface area contributed by atoms with E-state index in [0.29, 0.717) is 19.1 Å². The lowest BCUT2D eigenvalue weighted by molar-refractivity contribution is 0.179. The Balaban J connectivity index is 0.00000324. The van der Waals surface area contributed by atoms with Crippen LogP contribution < -0.4 is 11.1 Å². The van der Waals surface area contributed by atoms with Gasteiger partial charge in [0.05, 0.1) is 6.61 Å². The van der Waals surface area contributed by atoms with Crippen molar-refractivity contribution in [3.63, 3.8) is 0 Å². The standard InChI is InChI=1S/C14H23N3O.HI/c1-11-5-4-6-13(9-11)7-8-16-14(15)17-12(2)10-18-3;/h4-6,9,12H,7-8,10H2,1-3H3,(H3,15,16,17);1H. The van der Waals surface area contributed by atoms with Crippen molar-refractivity contribution in [3.05, 3.63) is 35.4 Å². The van der Waals surface area contributed by atoms with Crippen molar-refractivity contribution >= 4 is 29.9 Å². The number of methoxy groups -OCH3 is 1. The summed E-state index contributed by atoms with van der Waals surface area (Å²) < 4.78 is 5.02. The van der Waals surface area contributed by atoms with Crippen LogP contribution in [0.5, 0.6) is 0 Å². The van der Waals surface area contributed by atoms with Gasteiger partial charge in [-0.05, 0) is 25.8 Å². The first-order valence-corrected chi connectivity index (χ1v) is 6.22. The number of nitrogens with one attached hydrogen (secondary N) is 1. The molecule has 0 saturated carbocycles. The van der Waals surface area contributed by atoms with Crippen LogP contribution in [-0.2, 0) is 11.2 Å². The molecule has 3 N–H and O–H groups in total. The molecule has 0 amide bonds. The lowest BCUT2D eigenvalue weighted by atomic mass is 10.1. The van der Waals surface area contributed by atoms with Gasteiger partial charge in [0.15, 0.2) is 5.96 Å². The highest BCUT2D eigenvalue weighted by atomic mass is 127. The van der Waals surface area contributed by atoms with Gasteiger partial charge in [0.25, 0.3) is 0 Å². The van der Waals surface area contributed by atoms with E-state index < -0.39 is 0 Å². The molecule has 108 valence electrons. The fourth-order valence-electron chi connectivity index (χ4n) is 1.76. The van der Waals surface area contributed by atoms with Crippen molar-refractivity contribution in [2.24, 2.45) is 10.7 Å². The number of ether oxygens (including phenoxy) is 1. The summed E-state index contributed by atoms with van der Waals surface area (Å²) in [5.41, 5.74) is 8.35. The van der Waals surface area contributed by atoms with Crippen molar-refractivity contribution in [1.82, 2.24) is 5.32 Å². The number of halogens is 1. The topological polar surface area (TPSA) is 59.6 Å². The molecule has 1 unspecified atom stereocenters. The molecule has 1 atom stereocenters. The molecular formula is C14H24IN3O. The average Bonchev–Trinajstić information content (AvgIpc) is 2.29. The van der Waals surface area contributed by atoms with E-state index in [9.17, 15) is 0 Å². The average molecular weight is 377 g/mol. The molecule has 0 saturated heterocycles.